The summed E-state index contributed by atoms with van der Waals surface area (Å²) < 4.78 is 0. The molecule has 0 aliphatic heterocycles. The van der Waals surface area contributed by atoms with Gasteiger partial charge in [-0.1, -0.05) is 6.92 Å². The van der Waals surface area contributed by atoms with Gasteiger partial charge in [-0.05, 0) is 31.7 Å². The van der Waals surface area contributed by atoms with Crippen LogP contribution in [0.25, 0.3) is 0 Å². The topological polar surface area (TPSA) is 82.0 Å². The van der Waals surface area contributed by atoms with Gasteiger partial charge in [0, 0.05) is 23.8 Å². The quantitative estimate of drug-likeness (QED) is 0.876. The fraction of sp³-hybridized carbons (Fsp3) is 0.533. The zero-order valence-corrected chi connectivity index (χ0v) is 13.3. The second kappa shape index (κ2) is 6.27. The Morgan fingerprint density at radius 3 is 2.67 bits per heavy atom. The van der Waals surface area contributed by atoms with E-state index in [1.807, 2.05) is 20.8 Å². The third-order valence-electron chi connectivity index (χ3n) is 3.85. The lowest BCUT2D eigenvalue weighted by Gasteiger charge is -2.05. The first kappa shape index (κ1) is 15.5. The van der Waals surface area contributed by atoms with Crippen LogP contribution < -0.4 is 10.6 Å². The molecule has 1 aliphatic rings. The zero-order chi connectivity index (χ0) is 15.6. The van der Waals surface area contributed by atoms with Gasteiger partial charge in [0.25, 0.3) is 0 Å². The fourth-order valence-electron chi connectivity index (χ4n) is 2.16. The largest absolute Gasteiger partial charge is 0.355 e. The fourth-order valence-corrected chi connectivity index (χ4v) is 3.18. The molecule has 2 amide bonds. The summed E-state index contributed by atoms with van der Waals surface area (Å²) in [6.07, 6.45) is 1.16. The van der Waals surface area contributed by atoms with Gasteiger partial charge in [0.05, 0.1) is 5.56 Å². The summed E-state index contributed by atoms with van der Waals surface area (Å²) in [5.41, 5.74) is 1.44. The summed E-state index contributed by atoms with van der Waals surface area (Å²) in [5.74, 6) is 0.447. The van der Waals surface area contributed by atoms with Crippen LogP contribution >= 0.6 is 11.3 Å². The summed E-state index contributed by atoms with van der Waals surface area (Å²) in [6, 6.07) is 2.12. The smallest absolute Gasteiger partial charge is 0.226 e. The number of thiophene rings is 1. The molecular formula is C15H19N3O2S. The minimum absolute atomic E-state index is 0.0378. The van der Waals surface area contributed by atoms with Gasteiger partial charge in [-0.2, -0.15) is 5.26 Å². The molecule has 1 aromatic heterocycles. The van der Waals surface area contributed by atoms with E-state index in [1.54, 1.807) is 0 Å². The third-order valence-corrected chi connectivity index (χ3v) is 4.97. The lowest BCUT2D eigenvalue weighted by Crippen LogP contribution is -2.29. The molecule has 1 aliphatic carbocycles. The molecule has 1 fully saturated rings. The van der Waals surface area contributed by atoms with Gasteiger partial charge in [-0.3, -0.25) is 9.59 Å². The van der Waals surface area contributed by atoms with E-state index in [2.05, 4.69) is 16.7 Å². The molecule has 0 bridgehead atoms. The van der Waals surface area contributed by atoms with Crippen LogP contribution in [0, 0.1) is 37.0 Å². The number of hydrogen-bond donors (Lipinski definition) is 2. The van der Waals surface area contributed by atoms with Crippen LogP contribution in [0.15, 0.2) is 0 Å². The molecule has 1 saturated carbocycles. The minimum atomic E-state index is -0.183. The van der Waals surface area contributed by atoms with Gasteiger partial charge < -0.3 is 10.6 Å². The summed E-state index contributed by atoms with van der Waals surface area (Å²) in [5, 5.41) is 15.2. The highest BCUT2D eigenvalue weighted by Crippen LogP contribution is 2.37. The van der Waals surface area contributed by atoms with Gasteiger partial charge in [-0.15, -0.1) is 11.3 Å². The number of aryl methyl sites for hydroxylation is 1. The van der Waals surface area contributed by atoms with Crippen LogP contribution in [0.3, 0.4) is 0 Å². The number of carbonyl (C=O) groups excluding carboxylic acids is 2. The Balaban J connectivity index is 1.81. The standard InChI is InChI=1S/C15H19N3O2S/c1-8-6-11(8)14(20)17-5-4-13(19)18-15-12(7-16)9(2)10(3)21-15/h8,11H,4-6H2,1-3H3,(H,17,20)(H,18,19)/t8-,11-/m1/s1. The SMILES string of the molecule is Cc1sc(NC(=O)CCNC(=O)[C@@H]2C[C@H]2C)c(C#N)c1C. The van der Waals surface area contributed by atoms with Gasteiger partial charge in [0.15, 0.2) is 0 Å². The van der Waals surface area contributed by atoms with Gasteiger partial charge >= 0.3 is 0 Å². The minimum Gasteiger partial charge on any atom is -0.355 e. The molecule has 0 aromatic carbocycles. The van der Waals surface area contributed by atoms with Crippen molar-refractivity contribution >= 4 is 28.2 Å². The van der Waals surface area contributed by atoms with Crippen LogP contribution in [0.2, 0.25) is 0 Å². The summed E-state index contributed by atoms with van der Waals surface area (Å²) >= 11 is 1.41. The highest BCUT2D eigenvalue weighted by molar-refractivity contribution is 7.16. The second-order valence-electron chi connectivity index (χ2n) is 5.51. The predicted octanol–water partition coefficient (Wildman–Crippen LogP) is 2.34. The maximum atomic E-state index is 11.9. The predicted molar refractivity (Wildman–Crippen MR) is 82.0 cm³/mol. The highest BCUT2D eigenvalue weighted by Gasteiger charge is 2.38. The maximum Gasteiger partial charge on any atom is 0.226 e. The number of carbonyl (C=O) groups is 2. The number of amides is 2. The van der Waals surface area contributed by atoms with Crippen molar-refractivity contribution in [3.05, 3.63) is 16.0 Å². The molecule has 1 aromatic rings. The number of anilines is 1. The Morgan fingerprint density at radius 1 is 1.43 bits per heavy atom. The van der Waals surface area contributed by atoms with E-state index in [0.717, 1.165) is 16.9 Å². The summed E-state index contributed by atoms with van der Waals surface area (Å²) in [7, 11) is 0. The van der Waals surface area contributed by atoms with Crippen LogP contribution in [0.1, 0.15) is 35.8 Å². The first-order valence-corrected chi connectivity index (χ1v) is 7.83. The molecule has 2 rings (SSSR count). The molecule has 0 spiro atoms. The van der Waals surface area contributed by atoms with Crippen molar-refractivity contribution in [3.63, 3.8) is 0 Å². The van der Waals surface area contributed by atoms with Crippen LogP contribution in [0.5, 0.6) is 0 Å². The highest BCUT2D eigenvalue weighted by atomic mass is 32.1. The molecule has 2 N–H and O–H groups in total. The molecule has 21 heavy (non-hydrogen) atoms. The van der Waals surface area contributed by atoms with Crippen molar-refractivity contribution in [3.8, 4) is 6.07 Å². The van der Waals surface area contributed by atoms with Gasteiger partial charge in [0.1, 0.15) is 11.1 Å². The number of nitrogens with one attached hydrogen (secondary N) is 2. The molecule has 2 atom stereocenters. The number of rotatable bonds is 5. The molecule has 0 radical (unpaired) electrons. The van der Waals surface area contributed by atoms with Crippen molar-refractivity contribution in [1.82, 2.24) is 5.32 Å². The van der Waals surface area contributed by atoms with Crippen molar-refractivity contribution in [2.45, 2.75) is 33.6 Å². The van der Waals surface area contributed by atoms with Crippen molar-refractivity contribution in [1.29, 1.82) is 5.26 Å². The lowest BCUT2D eigenvalue weighted by atomic mass is 10.2. The number of nitrogens with zero attached hydrogens (tertiary/aromatic N) is 1. The normalized spacial score (nSPS) is 19.7. The van der Waals surface area contributed by atoms with E-state index < -0.39 is 0 Å². The summed E-state index contributed by atoms with van der Waals surface area (Å²) in [4.78, 5) is 24.5. The first-order valence-electron chi connectivity index (χ1n) is 7.01. The molecule has 112 valence electrons. The summed E-state index contributed by atoms with van der Waals surface area (Å²) in [6.45, 7) is 6.17. The number of hydrogen-bond acceptors (Lipinski definition) is 4. The Hall–Kier alpha value is -1.87. The molecule has 0 unspecified atom stereocenters. The van der Waals surface area contributed by atoms with E-state index >= 15 is 0 Å². The van der Waals surface area contributed by atoms with E-state index in [9.17, 15) is 9.59 Å². The average molecular weight is 305 g/mol. The average Bonchev–Trinajstić information content (AvgIpc) is 3.09. The van der Waals surface area contributed by atoms with Crippen LogP contribution in [-0.4, -0.2) is 18.4 Å². The van der Waals surface area contributed by atoms with Crippen molar-refractivity contribution in [2.75, 3.05) is 11.9 Å². The molecule has 5 nitrogen and oxygen atoms in total. The van der Waals surface area contributed by atoms with Crippen LogP contribution in [0.4, 0.5) is 5.00 Å². The van der Waals surface area contributed by atoms with Gasteiger partial charge in [-0.25, -0.2) is 0 Å². The Bertz CT molecular complexity index is 615. The Kier molecular flexibility index (Phi) is 4.63. The first-order chi connectivity index (χ1) is 9.93. The Labute approximate surface area is 128 Å². The van der Waals surface area contributed by atoms with Gasteiger partial charge in [0.2, 0.25) is 11.8 Å². The Morgan fingerprint density at radius 2 is 2.10 bits per heavy atom. The molecular weight excluding hydrogens is 286 g/mol. The van der Waals surface area contributed by atoms with E-state index in [0.29, 0.717) is 23.0 Å². The monoisotopic (exact) mass is 305 g/mol. The molecule has 6 heteroatoms. The maximum absolute atomic E-state index is 11.9. The second-order valence-corrected chi connectivity index (χ2v) is 6.73. The van der Waals surface area contributed by atoms with Crippen LogP contribution in [-0.2, 0) is 9.59 Å². The van der Waals surface area contributed by atoms with E-state index in [1.165, 1.54) is 11.3 Å². The van der Waals surface area contributed by atoms with Crippen molar-refractivity contribution in [2.24, 2.45) is 11.8 Å². The van der Waals surface area contributed by atoms with E-state index in [4.69, 9.17) is 5.26 Å². The third kappa shape index (κ3) is 3.61. The molecule has 1 heterocycles. The number of nitriles is 1. The zero-order valence-electron chi connectivity index (χ0n) is 12.4. The molecule has 0 saturated heterocycles. The lowest BCUT2D eigenvalue weighted by molar-refractivity contribution is -0.122. The van der Waals surface area contributed by atoms with E-state index in [-0.39, 0.29) is 24.2 Å². The van der Waals surface area contributed by atoms with Crippen molar-refractivity contribution < 1.29 is 9.59 Å².